The van der Waals surface area contributed by atoms with E-state index in [2.05, 4.69) is 13.8 Å². The number of hydrogen-bond donors (Lipinski definition) is 1. The highest BCUT2D eigenvalue weighted by Gasteiger charge is 2.15. The number of aliphatic hydroxyl groups excluding tert-OH is 1. The van der Waals surface area contributed by atoms with E-state index < -0.39 is 0 Å². The quantitative estimate of drug-likeness (QED) is 0.395. The van der Waals surface area contributed by atoms with E-state index in [1.54, 1.807) is 0 Å². The molecule has 0 aromatic heterocycles. The molecule has 132 valence electrons. The van der Waals surface area contributed by atoms with Crippen molar-refractivity contribution < 1.29 is 14.6 Å². The normalized spacial score (nSPS) is 14.6. The average molecular weight is 315 g/mol. The molecule has 0 bridgehead atoms. The van der Waals surface area contributed by atoms with Gasteiger partial charge in [0.1, 0.15) is 5.60 Å². The molecule has 0 aromatic carbocycles. The molecule has 0 aliphatic rings. The van der Waals surface area contributed by atoms with Crippen molar-refractivity contribution in [3.63, 3.8) is 0 Å². The van der Waals surface area contributed by atoms with Gasteiger partial charge >= 0.3 is 5.97 Å². The smallest absolute Gasteiger partial charge is 0.306 e. The van der Waals surface area contributed by atoms with Crippen LogP contribution in [0.3, 0.4) is 0 Å². The maximum Gasteiger partial charge on any atom is 0.306 e. The summed E-state index contributed by atoms with van der Waals surface area (Å²) in [6.45, 7) is 10.1. The molecule has 0 spiro atoms. The minimum Gasteiger partial charge on any atom is -0.460 e. The largest absolute Gasteiger partial charge is 0.460 e. The summed E-state index contributed by atoms with van der Waals surface area (Å²) in [6, 6.07) is 0. The first kappa shape index (κ1) is 21.4. The molecule has 0 heterocycles. The van der Waals surface area contributed by atoms with Gasteiger partial charge in [-0.2, -0.15) is 0 Å². The third-order valence-corrected chi connectivity index (χ3v) is 3.88. The van der Waals surface area contributed by atoms with Gasteiger partial charge in [-0.3, -0.25) is 4.79 Å². The zero-order chi connectivity index (χ0) is 17.0. The molecular weight excluding hydrogens is 276 g/mol. The van der Waals surface area contributed by atoms with Crippen molar-refractivity contribution in [1.82, 2.24) is 0 Å². The van der Waals surface area contributed by atoms with Crippen LogP contribution in [0.25, 0.3) is 0 Å². The second-order valence-electron chi connectivity index (χ2n) is 7.66. The lowest BCUT2D eigenvalue weighted by Gasteiger charge is -2.19. The molecule has 0 radical (unpaired) electrons. The van der Waals surface area contributed by atoms with Crippen molar-refractivity contribution >= 4 is 5.97 Å². The van der Waals surface area contributed by atoms with Gasteiger partial charge in [0.15, 0.2) is 0 Å². The van der Waals surface area contributed by atoms with Gasteiger partial charge in [0.05, 0.1) is 6.10 Å². The van der Waals surface area contributed by atoms with Gasteiger partial charge in [0.25, 0.3) is 0 Å². The summed E-state index contributed by atoms with van der Waals surface area (Å²) in [6.07, 6.45) is 9.99. The van der Waals surface area contributed by atoms with Gasteiger partial charge in [-0.1, -0.05) is 46.0 Å². The second-order valence-corrected chi connectivity index (χ2v) is 7.66. The number of rotatable bonds is 12. The Labute approximate surface area is 137 Å². The third kappa shape index (κ3) is 14.4. The zero-order valence-corrected chi connectivity index (χ0v) is 15.5. The summed E-state index contributed by atoms with van der Waals surface area (Å²) in [5.41, 5.74) is -0.377. The van der Waals surface area contributed by atoms with E-state index in [1.807, 2.05) is 20.8 Å². The Morgan fingerprint density at radius 3 is 2.23 bits per heavy atom. The van der Waals surface area contributed by atoms with Crippen LogP contribution in [0, 0.1) is 5.92 Å². The molecule has 2 atom stereocenters. The van der Waals surface area contributed by atoms with Crippen LogP contribution in [0.4, 0.5) is 0 Å². The van der Waals surface area contributed by atoms with Gasteiger partial charge < -0.3 is 9.84 Å². The standard InChI is InChI=1S/C19H38O3/c1-6-7-8-12-17(20)15-14-16(2)11-9-10-13-18(21)22-19(3,4)5/h16-17,20H,6-15H2,1-5H3/t16-,17-/m1/s1. The Hall–Kier alpha value is -0.570. The summed E-state index contributed by atoms with van der Waals surface area (Å²) in [5, 5.41) is 9.92. The van der Waals surface area contributed by atoms with Crippen molar-refractivity contribution in [3.05, 3.63) is 0 Å². The number of carbonyl (C=O) groups excluding carboxylic acids is 1. The van der Waals surface area contributed by atoms with E-state index in [1.165, 1.54) is 12.8 Å². The summed E-state index contributed by atoms with van der Waals surface area (Å²) >= 11 is 0. The van der Waals surface area contributed by atoms with Crippen molar-refractivity contribution in [1.29, 1.82) is 0 Å². The number of aliphatic hydroxyl groups is 1. The van der Waals surface area contributed by atoms with Crippen LogP contribution in [-0.4, -0.2) is 22.8 Å². The first-order valence-electron chi connectivity index (χ1n) is 9.14. The topological polar surface area (TPSA) is 46.5 Å². The fourth-order valence-electron chi connectivity index (χ4n) is 2.55. The zero-order valence-electron chi connectivity index (χ0n) is 15.5. The molecule has 1 N–H and O–H groups in total. The van der Waals surface area contributed by atoms with Crippen LogP contribution in [0.15, 0.2) is 0 Å². The predicted molar refractivity (Wildman–Crippen MR) is 92.9 cm³/mol. The molecule has 0 fully saturated rings. The number of carbonyl (C=O) groups is 1. The Morgan fingerprint density at radius 2 is 1.64 bits per heavy atom. The van der Waals surface area contributed by atoms with Crippen LogP contribution in [0.1, 0.15) is 98.8 Å². The number of esters is 1. The molecule has 0 saturated heterocycles. The van der Waals surface area contributed by atoms with E-state index in [4.69, 9.17) is 4.74 Å². The Kier molecular flexibility index (Phi) is 11.6. The molecule has 0 saturated carbocycles. The SMILES string of the molecule is CCCCC[C@@H](O)CC[C@H](C)CCCCC(=O)OC(C)(C)C. The van der Waals surface area contributed by atoms with Gasteiger partial charge in [0, 0.05) is 6.42 Å². The van der Waals surface area contributed by atoms with Crippen LogP contribution in [0.2, 0.25) is 0 Å². The molecule has 0 aliphatic heterocycles. The first-order chi connectivity index (χ1) is 10.2. The number of unbranched alkanes of at least 4 members (excludes halogenated alkanes) is 3. The molecule has 3 heteroatoms. The van der Waals surface area contributed by atoms with E-state index in [-0.39, 0.29) is 17.7 Å². The van der Waals surface area contributed by atoms with Crippen molar-refractivity contribution in [2.24, 2.45) is 5.92 Å². The highest BCUT2D eigenvalue weighted by Crippen LogP contribution is 2.18. The highest BCUT2D eigenvalue weighted by molar-refractivity contribution is 5.69. The van der Waals surface area contributed by atoms with Gasteiger partial charge in [0.2, 0.25) is 0 Å². The van der Waals surface area contributed by atoms with Crippen LogP contribution in [0.5, 0.6) is 0 Å². The summed E-state index contributed by atoms with van der Waals surface area (Å²) in [5.74, 6) is 0.533. The summed E-state index contributed by atoms with van der Waals surface area (Å²) < 4.78 is 5.30. The molecule has 0 amide bonds. The summed E-state index contributed by atoms with van der Waals surface area (Å²) in [4.78, 5) is 11.6. The highest BCUT2D eigenvalue weighted by atomic mass is 16.6. The van der Waals surface area contributed by atoms with Crippen molar-refractivity contribution in [3.8, 4) is 0 Å². The lowest BCUT2D eigenvalue weighted by Crippen LogP contribution is -2.23. The van der Waals surface area contributed by atoms with Crippen LogP contribution >= 0.6 is 0 Å². The van der Waals surface area contributed by atoms with E-state index >= 15 is 0 Å². The lowest BCUT2D eigenvalue weighted by atomic mass is 9.95. The molecule has 22 heavy (non-hydrogen) atoms. The van der Waals surface area contributed by atoms with Crippen LogP contribution in [-0.2, 0) is 9.53 Å². The Bertz CT molecular complexity index is 281. The van der Waals surface area contributed by atoms with Crippen LogP contribution < -0.4 is 0 Å². The maximum atomic E-state index is 11.6. The van der Waals surface area contributed by atoms with E-state index in [0.717, 1.165) is 44.9 Å². The number of hydrogen-bond acceptors (Lipinski definition) is 3. The minimum absolute atomic E-state index is 0.0912. The predicted octanol–water partition coefficient (Wildman–Crippen LogP) is 5.25. The molecular formula is C19H38O3. The van der Waals surface area contributed by atoms with Crippen molar-refractivity contribution in [2.75, 3.05) is 0 Å². The number of ether oxygens (including phenoxy) is 1. The average Bonchev–Trinajstić information content (AvgIpc) is 2.39. The lowest BCUT2D eigenvalue weighted by molar-refractivity contribution is -0.154. The van der Waals surface area contributed by atoms with E-state index in [9.17, 15) is 9.90 Å². The first-order valence-corrected chi connectivity index (χ1v) is 9.14. The molecule has 0 rings (SSSR count). The fourth-order valence-corrected chi connectivity index (χ4v) is 2.55. The molecule has 0 unspecified atom stereocenters. The van der Waals surface area contributed by atoms with Gasteiger partial charge in [-0.25, -0.2) is 0 Å². The molecule has 3 nitrogen and oxygen atoms in total. The maximum absolute atomic E-state index is 11.6. The van der Waals surface area contributed by atoms with Gasteiger partial charge in [-0.15, -0.1) is 0 Å². The second kappa shape index (κ2) is 11.9. The Morgan fingerprint density at radius 1 is 1.00 bits per heavy atom. The minimum atomic E-state index is -0.377. The van der Waals surface area contributed by atoms with E-state index in [0.29, 0.717) is 12.3 Å². The molecule has 0 aliphatic carbocycles. The fraction of sp³-hybridized carbons (Fsp3) is 0.947. The molecule has 0 aromatic rings. The van der Waals surface area contributed by atoms with Crippen molar-refractivity contribution in [2.45, 2.75) is 111 Å². The van der Waals surface area contributed by atoms with Gasteiger partial charge in [-0.05, 0) is 52.4 Å². The summed E-state index contributed by atoms with van der Waals surface area (Å²) in [7, 11) is 0. The Balaban J connectivity index is 3.57. The third-order valence-electron chi connectivity index (χ3n) is 3.88. The monoisotopic (exact) mass is 314 g/mol.